The molecule has 2 aliphatic rings. The highest BCUT2D eigenvalue weighted by atomic mass is 15.0. The lowest BCUT2D eigenvalue weighted by Crippen LogP contribution is -2.53. The van der Waals surface area contributed by atoms with Gasteiger partial charge in [-0.3, -0.25) is 0 Å². The molecule has 0 aromatic heterocycles. The van der Waals surface area contributed by atoms with Crippen LogP contribution in [0.15, 0.2) is 24.3 Å². The molecule has 0 atom stereocenters. The maximum atomic E-state index is 3.76. The van der Waals surface area contributed by atoms with Gasteiger partial charge in [-0.1, -0.05) is 24.3 Å². The zero-order chi connectivity index (χ0) is 13.7. The number of benzene rings is 1. The van der Waals surface area contributed by atoms with Crippen molar-refractivity contribution < 1.29 is 0 Å². The summed E-state index contributed by atoms with van der Waals surface area (Å²) in [5.74, 6) is 0. The Hall–Kier alpha value is -0.820. The molecule has 0 unspecified atom stereocenters. The Balaban J connectivity index is 1.84. The van der Waals surface area contributed by atoms with Crippen molar-refractivity contribution in [3.8, 4) is 0 Å². The topological polar surface area (TPSA) is 12.0 Å². The van der Waals surface area contributed by atoms with Crippen LogP contribution in [0.5, 0.6) is 0 Å². The van der Waals surface area contributed by atoms with Gasteiger partial charge in [0, 0.05) is 17.5 Å². The summed E-state index contributed by atoms with van der Waals surface area (Å²) < 4.78 is 0. The maximum absolute atomic E-state index is 3.76. The first-order valence-electron chi connectivity index (χ1n) is 7.66. The second-order valence-corrected chi connectivity index (χ2v) is 8.05. The smallest absolute Gasteiger partial charge is 0.00968 e. The molecule has 1 nitrogen and oxygen atoms in total. The van der Waals surface area contributed by atoms with Crippen LogP contribution in [0.3, 0.4) is 0 Å². The SMILES string of the molecule is Cc1ccccc1C1(CNC(C)(C)C)CC2(CC2)C1. The van der Waals surface area contributed by atoms with Crippen LogP contribution >= 0.6 is 0 Å². The van der Waals surface area contributed by atoms with Crippen LogP contribution in [0.4, 0.5) is 0 Å². The zero-order valence-corrected chi connectivity index (χ0v) is 12.8. The molecule has 1 N–H and O–H groups in total. The molecule has 0 bridgehead atoms. The highest BCUT2D eigenvalue weighted by Crippen LogP contribution is 2.69. The minimum Gasteiger partial charge on any atom is -0.311 e. The van der Waals surface area contributed by atoms with E-state index >= 15 is 0 Å². The Labute approximate surface area is 117 Å². The molecule has 0 aliphatic heterocycles. The van der Waals surface area contributed by atoms with E-state index < -0.39 is 0 Å². The highest BCUT2D eigenvalue weighted by molar-refractivity contribution is 5.39. The second kappa shape index (κ2) is 4.09. The second-order valence-electron chi connectivity index (χ2n) is 8.05. The molecule has 0 amide bonds. The van der Waals surface area contributed by atoms with Gasteiger partial charge >= 0.3 is 0 Å². The van der Waals surface area contributed by atoms with Gasteiger partial charge in [0.15, 0.2) is 0 Å². The van der Waals surface area contributed by atoms with E-state index in [9.17, 15) is 0 Å². The van der Waals surface area contributed by atoms with Gasteiger partial charge in [0.1, 0.15) is 0 Å². The summed E-state index contributed by atoms with van der Waals surface area (Å²) >= 11 is 0. The lowest BCUT2D eigenvalue weighted by atomic mass is 9.55. The summed E-state index contributed by atoms with van der Waals surface area (Å²) in [7, 11) is 0. The van der Waals surface area contributed by atoms with Crippen molar-refractivity contribution >= 4 is 0 Å². The minimum atomic E-state index is 0.210. The molecule has 104 valence electrons. The van der Waals surface area contributed by atoms with E-state index in [1.165, 1.54) is 31.2 Å². The molecule has 19 heavy (non-hydrogen) atoms. The quantitative estimate of drug-likeness (QED) is 0.856. The van der Waals surface area contributed by atoms with E-state index in [1.807, 2.05) is 0 Å². The molecule has 2 saturated carbocycles. The maximum Gasteiger partial charge on any atom is 0.00968 e. The molecule has 1 spiro atoms. The van der Waals surface area contributed by atoms with Crippen LogP contribution < -0.4 is 5.32 Å². The van der Waals surface area contributed by atoms with Crippen LogP contribution in [0, 0.1) is 12.3 Å². The van der Waals surface area contributed by atoms with Crippen LogP contribution in [0.25, 0.3) is 0 Å². The van der Waals surface area contributed by atoms with Gasteiger partial charge in [0.05, 0.1) is 0 Å². The predicted octanol–water partition coefficient (Wildman–Crippen LogP) is 4.19. The van der Waals surface area contributed by atoms with Crippen LogP contribution in [0.1, 0.15) is 57.6 Å². The highest BCUT2D eigenvalue weighted by Gasteiger charge is 2.61. The zero-order valence-electron chi connectivity index (χ0n) is 12.8. The number of aryl methyl sites for hydroxylation is 1. The van der Waals surface area contributed by atoms with Crippen molar-refractivity contribution in [2.24, 2.45) is 5.41 Å². The van der Waals surface area contributed by atoms with E-state index in [0.29, 0.717) is 5.41 Å². The van der Waals surface area contributed by atoms with Crippen LogP contribution in [-0.2, 0) is 5.41 Å². The van der Waals surface area contributed by atoms with E-state index in [2.05, 4.69) is 57.3 Å². The van der Waals surface area contributed by atoms with Gasteiger partial charge < -0.3 is 5.32 Å². The van der Waals surface area contributed by atoms with E-state index in [0.717, 1.165) is 12.0 Å². The molecule has 2 fully saturated rings. The van der Waals surface area contributed by atoms with Crippen molar-refractivity contribution in [1.29, 1.82) is 0 Å². The summed E-state index contributed by atoms with van der Waals surface area (Å²) in [6.45, 7) is 10.2. The lowest BCUT2D eigenvalue weighted by Gasteiger charge is -2.51. The van der Waals surface area contributed by atoms with Gasteiger partial charge in [0.2, 0.25) is 0 Å². The molecular formula is C18H27N. The van der Waals surface area contributed by atoms with E-state index in [4.69, 9.17) is 0 Å². The van der Waals surface area contributed by atoms with Gasteiger partial charge in [-0.15, -0.1) is 0 Å². The number of rotatable bonds is 3. The summed E-state index contributed by atoms with van der Waals surface area (Å²) in [5.41, 5.74) is 4.40. The average molecular weight is 257 g/mol. The van der Waals surface area contributed by atoms with E-state index in [-0.39, 0.29) is 5.54 Å². The fourth-order valence-corrected chi connectivity index (χ4v) is 3.93. The van der Waals surface area contributed by atoms with Crippen molar-refractivity contribution in [2.45, 2.75) is 64.3 Å². The van der Waals surface area contributed by atoms with Gasteiger partial charge in [-0.25, -0.2) is 0 Å². The number of nitrogens with one attached hydrogen (secondary N) is 1. The molecule has 1 aromatic rings. The van der Waals surface area contributed by atoms with Crippen molar-refractivity contribution in [1.82, 2.24) is 5.32 Å². The molecule has 3 rings (SSSR count). The summed E-state index contributed by atoms with van der Waals surface area (Å²) in [4.78, 5) is 0. The normalized spacial score (nSPS) is 23.2. The summed E-state index contributed by atoms with van der Waals surface area (Å²) in [6, 6.07) is 9.00. The van der Waals surface area contributed by atoms with Gasteiger partial charge in [-0.2, -0.15) is 0 Å². The predicted molar refractivity (Wildman–Crippen MR) is 81.5 cm³/mol. The molecule has 0 radical (unpaired) electrons. The van der Waals surface area contributed by atoms with Crippen molar-refractivity contribution in [3.05, 3.63) is 35.4 Å². The first kappa shape index (κ1) is 13.2. The first-order valence-corrected chi connectivity index (χ1v) is 7.66. The Morgan fingerprint density at radius 1 is 1.11 bits per heavy atom. The Kier molecular flexibility index (Phi) is 2.83. The third-order valence-electron chi connectivity index (χ3n) is 5.06. The Morgan fingerprint density at radius 2 is 1.74 bits per heavy atom. The Morgan fingerprint density at radius 3 is 2.26 bits per heavy atom. The third kappa shape index (κ3) is 2.45. The largest absolute Gasteiger partial charge is 0.311 e. The first-order chi connectivity index (χ1) is 8.84. The lowest BCUT2D eigenvalue weighted by molar-refractivity contribution is 0.107. The van der Waals surface area contributed by atoms with Crippen molar-refractivity contribution in [3.63, 3.8) is 0 Å². The van der Waals surface area contributed by atoms with E-state index in [1.54, 1.807) is 5.56 Å². The Bertz CT molecular complexity index is 469. The van der Waals surface area contributed by atoms with Crippen LogP contribution in [0.2, 0.25) is 0 Å². The summed E-state index contributed by atoms with van der Waals surface area (Å²) in [6.07, 6.45) is 5.73. The fraction of sp³-hybridized carbons (Fsp3) is 0.667. The average Bonchev–Trinajstić information content (AvgIpc) is 3.04. The number of hydrogen-bond acceptors (Lipinski definition) is 1. The van der Waals surface area contributed by atoms with Gasteiger partial charge in [-0.05, 0) is 69.9 Å². The molecule has 0 heterocycles. The minimum absolute atomic E-state index is 0.210. The molecule has 2 aliphatic carbocycles. The van der Waals surface area contributed by atoms with Gasteiger partial charge in [0.25, 0.3) is 0 Å². The third-order valence-corrected chi connectivity index (χ3v) is 5.06. The van der Waals surface area contributed by atoms with Crippen molar-refractivity contribution in [2.75, 3.05) is 6.54 Å². The molecular weight excluding hydrogens is 230 g/mol. The van der Waals surface area contributed by atoms with Crippen LogP contribution in [-0.4, -0.2) is 12.1 Å². The number of hydrogen-bond donors (Lipinski definition) is 1. The molecule has 0 saturated heterocycles. The summed E-state index contributed by atoms with van der Waals surface area (Å²) in [5, 5.41) is 3.76. The monoisotopic (exact) mass is 257 g/mol. The fourth-order valence-electron chi connectivity index (χ4n) is 3.93. The molecule has 1 heteroatoms. The molecule has 1 aromatic carbocycles. The standard InChI is InChI=1S/C18H27N/c1-14-7-5-6-8-15(14)18(13-19-16(2,3)4)11-17(12-18)9-10-17/h5-8,19H,9-13H2,1-4H3.